The summed E-state index contributed by atoms with van der Waals surface area (Å²) in [4.78, 5) is 25.8. The van der Waals surface area contributed by atoms with Crippen molar-refractivity contribution in [2.75, 3.05) is 31.5 Å². The van der Waals surface area contributed by atoms with E-state index >= 15 is 0 Å². The average molecular weight is 538 g/mol. The van der Waals surface area contributed by atoms with Crippen molar-refractivity contribution in [1.29, 1.82) is 0 Å². The molecule has 2 heterocycles. The normalized spacial score (nSPS) is 21.8. The zero-order valence-corrected chi connectivity index (χ0v) is 23.1. The number of nitrogens with zero attached hydrogens (tertiary/aromatic N) is 1. The second-order valence-corrected chi connectivity index (χ2v) is 10.7. The largest absolute Gasteiger partial charge is 0.392 e. The van der Waals surface area contributed by atoms with Crippen LogP contribution in [0.5, 0.6) is 0 Å². The standard InChI is InChI=1S/C31H43N3O5/c1-23(36)32-17-5-2-4-8-30(37)33-27-15-13-26(14-16-27)31-38-28(21-34-18-6-3-7-19-34)20-29(39-31)25-11-9-24(22-35)10-12-25/h9-16,28-29,31,35H,2-8,17-22H2,1H3,(H,32,36)(H,33,37). The van der Waals surface area contributed by atoms with E-state index in [1.165, 1.54) is 26.2 Å². The maximum Gasteiger partial charge on any atom is 0.224 e. The summed E-state index contributed by atoms with van der Waals surface area (Å²) < 4.78 is 12.9. The molecule has 2 amide bonds. The zero-order chi connectivity index (χ0) is 27.5. The van der Waals surface area contributed by atoms with Crippen LogP contribution in [0.1, 0.15) is 87.4 Å². The Kier molecular flexibility index (Phi) is 11.3. The summed E-state index contributed by atoms with van der Waals surface area (Å²) >= 11 is 0. The van der Waals surface area contributed by atoms with E-state index in [9.17, 15) is 14.7 Å². The lowest BCUT2D eigenvalue weighted by atomic mass is 9.99. The van der Waals surface area contributed by atoms with Gasteiger partial charge in [0, 0.05) is 44.1 Å². The minimum atomic E-state index is -0.496. The molecule has 3 N–H and O–H groups in total. The molecular formula is C31H43N3O5. The highest BCUT2D eigenvalue weighted by atomic mass is 16.7. The fraction of sp³-hybridized carbons (Fsp3) is 0.548. The minimum Gasteiger partial charge on any atom is -0.392 e. The van der Waals surface area contributed by atoms with Crippen LogP contribution in [-0.4, -0.2) is 54.1 Å². The predicted octanol–water partition coefficient (Wildman–Crippen LogP) is 4.85. The van der Waals surface area contributed by atoms with Crippen molar-refractivity contribution in [2.45, 2.75) is 83.4 Å². The maximum atomic E-state index is 12.4. The number of nitrogens with one attached hydrogen (secondary N) is 2. The fourth-order valence-corrected chi connectivity index (χ4v) is 5.26. The Hall–Kier alpha value is -2.78. The van der Waals surface area contributed by atoms with Gasteiger partial charge in [-0.2, -0.15) is 0 Å². The van der Waals surface area contributed by atoms with Gasteiger partial charge in [-0.1, -0.05) is 49.2 Å². The van der Waals surface area contributed by atoms with Gasteiger partial charge in [0.05, 0.1) is 18.8 Å². The van der Waals surface area contributed by atoms with Crippen molar-refractivity contribution in [3.05, 3.63) is 65.2 Å². The number of carbonyl (C=O) groups is 2. The van der Waals surface area contributed by atoms with Gasteiger partial charge in [-0.05, 0) is 62.0 Å². The molecule has 0 radical (unpaired) electrons. The highest BCUT2D eigenvalue weighted by Crippen LogP contribution is 2.38. The summed E-state index contributed by atoms with van der Waals surface area (Å²) in [6.07, 6.45) is 7.01. The molecule has 3 unspecified atom stereocenters. The van der Waals surface area contributed by atoms with Gasteiger partial charge in [-0.25, -0.2) is 0 Å². The molecule has 0 saturated carbocycles. The minimum absolute atomic E-state index is 0.0135. The molecule has 2 aromatic rings. The average Bonchev–Trinajstić information content (AvgIpc) is 2.95. The van der Waals surface area contributed by atoms with E-state index in [0.29, 0.717) is 13.0 Å². The number of ether oxygens (including phenoxy) is 2. The number of rotatable bonds is 12. The molecule has 2 fully saturated rings. The molecule has 212 valence electrons. The summed E-state index contributed by atoms with van der Waals surface area (Å²) in [6, 6.07) is 15.7. The molecule has 8 heteroatoms. The summed E-state index contributed by atoms with van der Waals surface area (Å²) in [6.45, 7) is 5.31. The van der Waals surface area contributed by atoms with Gasteiger partial charge in [0.2, 0.25) is 11.8 Å². The number of aliphatic hydroxyl groups excluding tert-OH is 1. The summed E-state index contributed by atoms with van der Waals surface area (Å²) in [7, 11) is 0. The molecule has 0 spiro atoms. The first kappa shape index (κ1) is 29.2. The first-order chi connectivity index (χ1) is 19.0. The zero-order valence-electron chi connectivity index (χ0n) is 23.1. The molecule has 0 bridgehead atoms. The summed E-state index contributed by atoms with van der Waals surface area (Å²) in [5.41, 5.74) is 3.64. The van der Waals surface area contributed by atoms with Gasteiger partial charge in [-0.3, -0.25) is 9.59 Å². The second kappa shape index (κ2) is 15.1. The van der Waals surface area contributed by atoms with Gasteiger partial charge in [0.15, 0.2) is 6.29 Å². The highest BCUT2D eigenvalue weighted by molar-refractivity contribution is 5.90. The Morgan fingerprint density at radius 2 is 1.64 bits per heavy atom. The Morgan fingerprint density at radius 3 is 2.33 bits per heavy atom. The Balaban J connectivity index is 1.34. The summed E-state index contributed by atoms with van der Waals surface area (Å²) in [5, 5.41) is 15.2. The van der Waals surface area contributed by atoms with Gasteiger partial charge in [-0.15, -0.1) is 0 Å². The van der Waals surface area contributed by atoms with E-state index in [1.54, 1.807) is 0 Å². The number of likely N-dealkylation sites (tertiary alicyclic amines) is 1. The summed E-state index contributed by atoms with van der Waals surface area (Å²) in [5.74, 6) is -0.0367. The van der Waals surface area contributed by atoms with E-state index in [1.807, 2.05) is 48.5 Å². The van der Waals surface area contributed by atoms with Crippen molar-refractivity contribution in [1.82, 2.24) is 10.2 Å². The van der Waals surface area contributed by atoms with Gasteiger partial charge >= 0.3 is 0 Å². The van der Waals surface area contributed by atoms with E-state index in [0.717, 1.165) is 67.7 Å². The van der Waals surface area contributed by atoms with E-state index in [4.69, 9.17) is 9.47 Å². The van der Waals surface area contributed by atoms with Crippen LogP contribution in [0.3, 0.4) is 0 Å². The van der Waals surface area contributed by atoms with Crippen LogP contribution < -0.4 is 10.6 Å². The first-order valence-corrected chi connectivity index (χ1v) is 14.4. The highest BCUT2D eigenvalue weighted by Gasteiger charge is 2.33. The number of benzene rings is 2. The third kappa shape index (κ3) is 9.42. The number of anilines is 1. The molecule has 3 atom stereocenters. The van der Waals surface area contributed by atoms with Crippen LogP contribution in [0.15, 0.2) is 48.5 Å². The van der Waals surface area contributed by atoms with Gasteiger partial charge < -0.3 is 30.1 Å². The number of unbranched alkanes of at least 4 members (excludes halogenated alkanes) is 2. The maximum absolute atomic E-state index is 12.4. The molecular weight excluding hydrogens is 494 g/mol. The number of piperidine rings is 1. The second-order valence-electron chi connectivity index (χ2n) is 10.7. The van der Waals surface area contributed by atoms with Crippen LogP contribution in [0, 0.1) is 0 Å². The van der Waals surface area contributed by atoms with E-state index < -0.39 is 6.29 Å². The molecule has 0 aromatic heterocycles. The van der Waals surface area contributed by atoms with Crippen LogP contribution >= 0.6 is 0 Å². The van der Waals surface area contributed by atoms with Crippen LogP contribution in [0.2, 0.25) is 0 Å². The number of amides is 2. The smallest absolute Gasteiger partial charge is 0.224 e. The van der Waals surface area contributed by atoms with Gasteiger partial charge in [0.1, 0.15) is 0 Å². The van der Waals surface area contributed by atoms with Crippen LogP contribution in [-0.2, 0) is 25.7 Å². The molecule has 4 rings (SSSR count). The third-order valence-electron chi connectivity index (χ3n) is 7.45. The number of hydrogen-bond acceptors (Lipinski definition) is 6. The Morgan fingerprint density at radius 1 is 0.923 bits per heavy atom. The van der Waals surface area contributed by atoms with Crippen molar-refractivity contribution >= 4 is 17.5 Å². The van der Waals surface area contributed by atoms with Gasteiger partial charge in [0.25, 0.3) is 0 Å². The van der Waals surface area contributed by atoms with Crippen LogP contribution in [0.25, 0.3) is 0 Å². The van der Waals surface area contributed by atoms with Crippen molar-refractivity contribution in [3.8, 4) is 0 Å². The fourth-order valence-electron chi connectivity index (χ4n) is 5.26. The molecule has 2 aliphatic heterocycles. The third-order valence-corrected chi connectivity index (χ3v) is 7.45. The molecule has 0 aliphatic carbocycles. The van der Waals surface area contributed by atoms with Crippen LogP contribution in [0.4, 0.5) is 5.69 Å². The molecule has 8 nitrogen and oxygen atoms in total. The SMILES string of the molecule is CC(=O)NCCCCCC(=O)Nc1ccc(C2OC(CN3CCCCC3)CC(c3ccc(CO)cc3)O2)cc1. The predicted molar refractivity (Wildman–Crippen MR) is 151 cm³/mol. The number of aliphatic hydroxyl groups is 1. The molecule has 2 aromatic carbocycles. The number of carbonyl (C=O) groups excluding carboxylic acids is 2. The molecule has 39 heavy (non-hydrogen) atoms. The lowest BCUT2D eigenvalue weighted by molar-refractivity contribution is -0.253. The van der Waals surface area contributed by atoms with Crippen molar-refractivity contribution < 1.29 is 24.2 Å². The Bertz CT molecular complexity index is 1040. The lowest BCUT2D eigenvalue weighted by Crippen LogP contribution is -2.41. The number of hydrogen-bond donors (Lipinski definition) is 3. The molecule has 2 saturated heterocycles. The quantitative estimate of drug-likeness (QED) is 0.335. The van der Waals surface area contributed by atoms with E-state index in [2.05, 4.69) is 15.5 Å². The van der Waals surface area contributed by atoms with Crippen molar-refractivity contribution in [3.63, 3.8) is 0 Å². The van der Waals surface area contributed by atoms with Crippen molar-refractivity contribution in [2.24, 2.45) is 0 Å². The van der Waals surface area contributed by atoms with E-state index in [-0.39, 0.29) is 30.6 Å². The molecule has 2 aliphatic rings. The monoisotopic (exact) mass is 537 g/mol. The topological polar surface area (TPSA) is 100 Å². The Labute approximate surface area is 232 Å². The first-order valence-electron chi connectivity index (χ1n) is 14.4. The lowest BCUT2D eigenvalue weighted by Gasteiger charge is -2.39.